The first-order valence-electron chi connectivity index (χ1n) is 6.41. The maximum absolute atomic E-state index is 13.5. The largest absolute Gasteiger partial charge is 0.416 e. The number of H-pyrrole nitrogens is 1. The van der Waals surface area contributed by atoms with Crippen molar-refractivity contribution < 1.29 is 17.6 Å². The summed E-state index contributed by atoms with van der Waals surface area (Å²) in [6, 6.07) is 8.27. The first-order valence-corrected chi connectivity index (χ1v) is 6.41. The molecule has 2 aromatic carbocycles. The predicted octanol–water partition coefficient (Wildman–Crippen LogP) is 3.77. The van der Waals surface area contributed by atoms with Crippen LogP contribution in [0.5, 0.6) is 0 Å². The summed E-state index contributed by atoms with van der Waals surface area (Å²) in [6.07, 6.45) is -4.41. The third-order valence-corrected chi connectivity index (χ3v) is 3.06. The summed E-state index contributed by atoms with van der Waals surface area (Å²) in [5.41, 5.74) is 0.375. The number of aromatic nitrogens is 4. The van der Waals surface area contributed by atoms with Gasteiger partial charge in [0.2, 0.25) is 5.82 Å². The molecule has 0 aliphatic heterocycles. The number of benzene rings is 2. The van der Waals surface area contributed by atoms with Crippen LogP contribution in [0.1, 0.15) is 5.56 Å². The molecule has 0 aliphatic carbocycles. The van der Waals surface area contributed by atoms with E-state index < -0.39 is 17.6 Å². The molecule has 0 aliphatic rings. The Morgan fingerprint density at radius 1 is 1.00 bits per heavy atom. The number of tetrazole rings is 1. The molecular weight excluding hydrogens is 314 g/mol. The van der Waals surface area contributed by atoms with Gasteiger partial charge in [0.1, 0.15) is 5.82 Å². The Bertz CT molecular complexity index is 797. The summed E-state index contributed by atoms with van der Waals surface area (Å²) in [4.78, 5) is 0. The molecule has 9 heteroatoms. The maximum atomic E-state index is 13.5. The number of alkyl halides is 3. The lowest BCUT2D eigenvalue weighted by Gasteiger charge is -2.12. The molecule has 1 heterocycles. The number of aromatic amines is 1. The summed E-state index contributed by atoms with van der Waals surface area (Å²) in [5, 5.41) is 16.2. The van der Waals surface area contributed by atoms with Gasteiger partial charge in [-0.1, -0.05) is 0 Å². The van der Waals surface area contributed by atoms with Crippen LogP contribution < -0.4 is 5.32 Å². The molecule has 0 fully saturated rings. The first-order chi connectivity index (χ1) is 10.9. The van der Waals surface area contributed by atoms with Crippen LogP contribution in [0.15, 0.2) is 42.5 Å². The predicted molar refractivity (Wildman–Crippen MR) is 74.3 cm³/mol. The van der Waals surface area contributed by atoms with Gasteiger partial charge in [-0.25, -0.2) is 4.39 Å². The Balaban J connectivity index is 1.92. The molecule has 0 saturated heterocycles. The summed E-state index contributed by atoms with van der Waals surface area (Å²) >= 11 is 0. The quantitative estimate of drug-likeness (QED) is 0.720. The molecule has 0 amide bonds. The Labute approximate surface area is 127 Å². The van der Waals surface area contributed by atoms with Gasteiger partial charge in [0.05, 0.1) is 11.3 Å². The number of halogens is 4. The number of nitrogens with zero attached hydrogens (tertiary/aromatic N) is 3. The molecule has 5 nitrogen and oxygen atoms in total. The lowest BCUT2D eigenvalue weighted by molar-refractivity contribution is -0.137. The highest BCUT2D eigenvalue weighted by molar-refractivity contribution is 5.77. The lowest BCUT2D eigenvalue weighted by Crippen LogP contribution is -2.04. The number of rotatable bonds is 3. The van der Waals surface area contributed by atoms with Gasteiger partial charge < -0.3 is 5.32 Å². The lowest BCUT2D eigenvalue weighted by atomic mass is 10.1. The molecule has 3 rings (SSSR count). The second kappa shape index (κ2) is 5.67. The highest BCUT2D eigenvalue weighted by Crippen LogP contribution is 2.32. The van der Waals surface area contributed by atoms with E-state index in [9.17, 15) is 17.6 Å². The minimum Gasteiger partial charge on any atom is -0.355 e. The number of hydrogen-bond acceptors (Lipinski definition) is 4. The van der Waals surface area contributed by atoms with Crippen molar-refractivity contribution in [3.63, 3.8) is 0 Å². The molecule has 23 heavy (non-hydrogen) atoms. The van der Waals surface area contributed by atoms with Gasteiger partial charge in [-0.15, -0.1) is 10.2 Å². The molecule has 2 N–H and O–H groups in total. The van der Waals surface area contributed by atoms with E-state index in [1.807, 2.05) is 0 Å². The van der Waals surface area contributed by atoms with Crippen molar-refractivity contribution in [2.45, 2.75) is 6.18 Å². The van der Waals surface area contributed by atoms with Crippen molar-refractivity contribution in [1.82, 2.24) is 20.6 Å². The van der Waals surface area contributed by atoms with Gasteiger partial charge in [0, 0.05) is 11.3 Å². The fourth-order valence-electron chi connectivity index (χ4n) is 1.99. The van der Waals surface area contributed by atoms with E-state index in [-0.39, 0.29) is 5.82 Å². The fraction of sp³-hybridized carbons (Fsp3) is 0.0714. The third kappa shape index (κ3) is 3.28. The van der Waals surface area contributed by atoms with Crippen molar-refractivity contribution in [3.8, 4) is 11.4 Å². The molecule has 3 aromatic rings. The summed E-state index contributed by atoms with van der Waals surface area (Å²) < 4.78 is 51.1. The minimum absolute atomic E-state index is 0.236. The van der Waals surface area contributed by atoms with Crippen molar-refractivity contribution in [1.29, 1.82) is 0 Å². The van der Waals surface area contributed by atoms with E-state index in [4.69, 9.17) is 0 Å². The highest BCUT2D eigenvalue weighted by Gasteiger charge is 2.29. The summed E-state index contributed by atoms with van der Waals surface area (Å²) in [7, 11) is 0. The van der Waals surface area contributed by atoms with Crippen LogP contribution >= 0.6 is 0 Å². The molecular formula is C14H9F4N5. The van der Waals surface area contributed by atoms with Crippen molar-refractivity contribution >= 4 is 11.4 Å². The molecule has 0 atom stereocenters. The van der Waals surface area contributed by atoms with E-state index in [0.29, 0.717) is 16.9 Å². The van der Waals surface area contributed by atoms with Crippen LogP contribution in [-0.4, -0.2) is 20.6 Å². The zero-order valence-corrected chi connectivity index (χ0v) is 11.4. The second-order valence-corrected chi connectivity index (χ2v) is 4.63. The van der Waals surface area contributed by atoms with E-state index in [2.05, 4.69) is 25.9 Å². The monoisotopic (exact) mass is 323 g/mol. The molecule has 0 spiro atoms. The molecule has 118 valence electrons. The van der Waals surface area contributed by atoms with Crippen LogP contribution in [0, 0.1) is 5.82 Å². The normalized spacial score (nSPS) is 11.5. The average molecular weight is 323 g/mol. The topological polar surface area (TPSA) is 66.5 Å². The number of hydrogen-bond donors (Lipinski definition) is 2. The van der Waals surface area contributed by atoms with E-state index in [1.165, 1.54) is 30.3 Å². The Morgan fingerprint density at radius 3 is 2.35 bits per heavy atom. The summed E-state index contributed by atoms with van der Waals surface area (Å²) in [5.74, 6) is -0.272. The van der Waals surface area contributed by atoms with Crippen LogP contribution in [0.25, 0.3) is 11.4 Å². The zero-order chi connectivity index (χ0) is 16.4. The van der Waals surface area contributed by atoms with E-state index >= 15 is 0 Å². The van der Waals surface area contributed by atoms with Gasteiger partial charge in [0.15, 0.2) is 0 Å². The molecule has 0 radical (unpaired) electrons. The second-order valence-electron chi connectivity index (χ2n) is 4.63. The van der Waals surface area contributed by atoms with E-state index in [1.54, 1.807) is 0 Å². The first kappa shape index (κ1) is 14.9. The smallest absolute Gasteiger partial charge is 0.355 e. The van der Waals surface area contributed by atoms with Gasteiger partial charge in [-0.05, 0) is 47.7 Å². The number of anilines is 2. The van der Waals surface area contributed by atoms with Crippen molar-refractivity contribution in [2.75, 3.05) is 5.32 Å². The molecule has 0 saturated carbocycles. The molecule has 0 unspecified atom stereocenters. The average Bonchev–Trinajstić information content (AvgIpc) is 3.01. The van der Waals surface area contributed by atoms with E-state index in [0.717, 1.165) is 12.1 Å². The SMILES string of the molecule is Fc1ccc(-c2nn[nH]n2)c(Nc2ccc(C(F)(F)F)cc2)c1. The maximum Gasteiger partial charge on any atom is 0.416 e. The van der Waals surface area contributed by atoms with Crippen molar-refractivity contribution in [2.24, 2.45) is 0 Å². The van der Waals surface area contributed by atoms with Crippen LogP contribution in [0.4, 0.5) is 28.9 Å². The minimum atomic E-state index is -4.41. The Morgan fingerprint density at radius 2 is 1.74 bits per heavy atom. The van der Waals surface area contributed by atoms with Crippen LogP contribution in [0.3, 0.4) is 0 Å². The van der Waals surface area contributed by atoms with Gasteiger partial charge in [-0.3, -0.25) is 0 Å². The van der Waals surface area contributed by atoms with Gasteiger partial charge in [0.25, 0.3) is 0 Å². The third-order valence-electron chi connectivity index (χ3n) is 3.06. The highest BCUT2D eigenvalue weighted by atomic mass is 19.4. The van der Waals surface area contributed by atoms with Gasteiger partial charge >= 0.3 is 6.18 Å². The Hall–Kier alpha value is -2.97. The fourth-order valence-corrected chi connectivity index (χ4v) is 1.99. The zero-order valence-electron chi connectivity index (χ0n) is 11.4. The standard InChI is InChI=1S/C14H9F4N5/c15-9-3-6-11(13-20-22-23-21-13)12(7-9)19-10-4-1-8(2-5-10)14(16,17)18/h1-7,19H,(H,20,21,22,23). The van der Waals surface area contributed by atoms with Crippen molar-refractivity contribution in [3.05, 3.63) is 53.8 Å². The van der Waals surface area contributed by atoms with Gasteiger partial charge in [-0.2, -0.15) is 18.4 Å². The van der Waals surface area contributed by atoms with Crippen LogP contribution in [0.2, 0.25) is 0 Å². The molecule has 1 aromatic heterocycles. The van der Waals surface area contributed by atoms with Crippen LogP contribution in [-0.2, 0) is 6.18 Å². The summed E-state index contributed by atoms with van der Waals surface area (Å²) in [6.45, 7) is 0. The molecule has 0 bridgehead atoms. The Kier molecular flexibility index (Phi) is 3.68. The number of nitrogens with one attached hydrogen (secondary N) is 2.